The van der Waals surface area contributed by atoms with Crippen molar-refractivity contribution in [1.82, 2.24) is 0 Å². The molecule has 0 saturated carbocycles. The molecule has 0 radical (unpaired) electrons. The van der Waals surface area contributed by atoms with Crippen LogP contribution in [-0.2, 0) is 20.7 Å². The van der Waals surface area contributed by atoms with Gasteiger partial charge in [0.2, 0.25) is 5.91 Å². The molecule has 150 valence electrons. The van der Waals surface area contributed by atoms with Crippen LogP contribution < -0.4 is 5.32 Å². The number of hydrogen-bond donors (Lipinski definition) is 1. The first kappa shape index (κ1) is 19.8. The minimum Gasteiger partial charge on any atom is -0.454 e. The predicted molar refractivity (Wildman–Crippen MR) is 117 cm³/mol. The molecule has 0 fully saturated rings. The zero-order valence-corrected chi connectivity index (χ0v) is 16.9. The van der Waals surface area contributed by atoms with Gasteiger partial charge in [-0.2, -0.15) is 0 Å². The molecule has 0 atom stereocenters. The second kappa shape index (κ2) is 8.88. The van der Waals surface area contributed by atoms with Crippen molar-refractivity contribution in [2.45, 2.75) is 12.8 Å². The van der Waals surface area contributed by atoms with Crippen LogP contribution in [0.4, 0.5) is 5.69 Å². The summed E-state index contributed by atoms with van der Waals surface area (Å²) in [5.41, 5.74) is 3.24. The van der Waals surface area contributed by atoms with Gasteiger partial charge < -0.3 is 10.1 Å². The lowest BCUT2D eigenvalue weighted by Crippen LogP contribution is -2.20. The number of Topliss-reactive ketones (excluding diaryl/α,β-unsaturated/α-hetero) is 1. The molecule has 3 aromatic rings. The van der Waals surface area contributed by atoms with E-state index < -0.39 is 5.97 Å². The lowest BCUT2D eigenvalue weighted by atomic mass is 9.99. The summed E-state index contributed by atoms with van der Waals surface area (Å²) in [7, 11) is 0. The van der Waals surface area contributed by atoms with Gasteiger partial charge in [-0.3, -0.25) is 9.59 Å². The summed E-state index contributed by atoms with van der Waals surface area (Å²) in [6.45, 7) is -0.325. The van der Waals surface area contributed by atoms with Crippen LogP contribution in [0.1, 0.15) is 27.2 Å². The monoisotopic (exact) mass is 417 g/mol. The van der Waals surface area contributed by atoms with Crippen LogP contribution in [0.15, 0.2) is 66.7 Å². The number of ketones is 1. The second-order valence-corrected chi connectivity index (χ2v) is 7.97. The van der Waals surface area contributed by atoms with Crippen molar-refractivity contribution in [3.8, 4) is 10.4 Å². The maximum atomic E-state index is 12.3. The van der Waals surface area contributed by atoms with E-state index in [2.05, 4.69) is 5.32 Å². The number of carbonyl (C=O) groups is 3. The van der Waals surface area contributed by atoms with Crippen LogP contribution in [0.5, 0.6) is 0 Å². The van der Waals surface area contributed by atoms with E-state index in [9.17, 15) is 14.4 Å². The number of benzene rings is 2. The van der Waals surface area contributed by atoms with Crippen molar-refractivity contribution in [2.24, 2.45) is 0 Å². The number of esters is 1. The largest absolute Gasteiger partial charge is 0.454 e. The highest BCUT2D eigenvalue weighted by Crippen LogP contribution is 2.28. The summed E-state index contributed by atoms with van der Waals surface area (Å²) in [6, 6.07) is 19.0. The Morgan fingerprint density at radius 2 is 1.87 bits per heavy atom. The third-order valence-corrected chi connectivity index (χ3v) is 5.84. The standard InChI is InChI=1S/C24H19NO4S/c26-21(18-6-10-20-17(14-18)7-12-23(27)25-20)15-29-24(28)13-9-19-8-11-22(30-19)16-4-2-1-3-5-16/h1-6,8-11,13-14H,7,12,15H2,(H,25,27)/b13-9+. The van der Waals surface area contributed by atoms with Crippen LogP contribution in [0.3, 0.4) is 0 Å². The number of carbonyl (C=O) groups excluding carboxylic acids is 3. The maximum Gasteiger partial charge on any atom is 0.331 e. The summed E-state index contributed by atoms with van der Waals surface area (Å²) >= 11 is 1.57. The molecule has 5 nitrogen and oxygen atoms in total. The molecule has 6 heteroatoms. The third kappa shape index (κ3) is 4.72. The van der Waals surface area contributed by atoms with E-state index in [1.54, 1.807) is 35.6 Å². The van der Waals surface area contributed by atoms with Crippen molar-refractivity contribution < 1.29 is 19.1 Å². The Bertz CT molecular complexity index is 1130. The van der Waals surface area contributed by atoms with Gasteiger partial charge in [0, 0.05) is 33.5 Å². The van der Waals surface area contributed by atoms with E-state index in [0.717, 1.165) is 26.6 Å². The quantitative estimate of drug-likeness (QED) is 0.357. The fourth-order valence-electron chi connectivity index (χ4n) is 3.18. The molecule has 30 heavy (non-hydrogen) atoms. The molecule has 0 bridgehead atoms. The number of ether oxygens (including phenoxy) is 1. The van der Waals surface area contributed by atoms with Gasteiger partial charge in [-0.25, -0.2) is 4.79 Å². The Morgan fingerprint density at radius 1 is 1.03 bits per heavy atom. The summed E-state index contributed by atoms with van der Waals surface area (Å²) in [4.78, 5) is 37.8. The Kier molecular flexibility index (Phi) is 5.86. The maximum absolute atomic E-state index is 12.3. The van der Waals surface area contributed by atoms with Crippen molar-refractivity contribution >= 4 is 40.8 Å². The first-order valence-electron chi connectivity index (χ1n) is 9.54. The van der Waals surface area contributed by atoms with Gasteiger partial charge in [0.1, 0.15) is 0 Å². The molecular formula is C24H19NO4S. The summed E-state index contributed by atoms with van der Waals surface area (Å²) in [6.07, 6.45) is 4.01. The lowest BCUT2D eigenvalue weighted by molar-refractivity contribution is -0.136. The second-order valence-electron chi connectivity index (χ2n) is 6.85. The van der Waals surface area contributed by atoms with Crippen LogP contribution in [-0.4, -0.2) is 24.3 Å². The lowest BCUT2D eigenvalue weighted by Gasteiger charge is -2.17. The molecule has 1 aromatic heterocycles. The fraction of sp³-hybridized carbons (Fsp3) is 0.125. The molecule has 1 aliphatic rings. The van der Waals surface area contributed by atoms with Crippen LogP contribution >= 0.6 is 11.3 Å². The zero-order chi connectivity index (χ0) is 20.9. The predicted octanol–water partition coefficient (Wildman–Crippen LogP) is 4.74. The minimum absolute atomic E-state index is 0.0241. The highest BCUT2D eigenvalue weighted by atomic mass is 32.1. The van der Waals surface area contributed by atoms with E-state index in [1.165, 1.54) is 6.08 Å². The van der Waals surface area contributed by atoms with Gasteiger partial charge in [0.15, 0.2) is 12.4 Å². The normalized spacial score (nSPS) is 13.0. The SMILES string of the molecule is O=C1CCc2cc(C(=O)COC(=O)/C=C/c3ccc(-c4ccccc4)s3)ccc2N1. The number of hydrogen-bond acceptors (Lipinski definition) is 5. The molecule has 1 N–H and O–H groups in total. The number of nitrogens with one attached hydrogen (secondary N) is 1. The van der Waals surface area contributed by atoms with Crippen molar-refractivity contribution in [1.29, 1.82) is 0 Å². The molecule has 2 heterocycles. The van der Waals surface area contributed by atoms with Crippen molar-refractivity contribution in [3.63, 3.8) is 0 Å². The van der Waals surface area contributed by atoms with Gasteiger partial charge in [-0.05, 0) is 54.0 Å². The van der Waals surface area contributed by atoms with Gasteiger partial charge in [-0.15, -0.1) is 11.3 Å². The Labute approximate surface area is 178 Å². The average molecular weight is 417 g/mol. The molecule has 0 spiro atoms. The number of anilines is 1. The Hall–Kier alpha value is -3.51. The molecule has 2 aromatic carbocycles. The molecule has 1 aliphatic heterocycles. The first-order valence-corrected chi connectivity index (χ1v) is 10.4. The average Bonchev–Trinajstić information content (AvgIpc) is 3.25. The van der Waals surface area contributed by atoms with E-state index >= 15 is 0 Å². The van der Waals surface area contributed by atoms with E-state index in [4.69, 9.17) is 4.74 Å². The molecule has 4 rings (SSSR count). The first-order chi connectivity index (χ1) is 14.6. The highest BCUT2D eigenvalue weighted by Gasteiger charge is 2.17. The van der Waals surface area contributed by atoms with Gasteiger partial charge in [0.25, 0.3) is 0 Å². The smallest absolute Gasteiger partial charge is 0.331 e. The summed E-state index contributed by atoms with van der Waals surface area (Å²) in [5, 5.41) is 2.78. The summed E-state index contributed by atoms with van der Waals surface area (Å²) < 4.78 is 5.09. The van der Waals surface area contributed by atoms with Gasteiger partial charge >= 0.3 is 5.97 Å². The summed E-state index contributed by atoms with van der Waals surface area (Å²) in [5.74, 6) is -0.869. The van der Waals surface area contributed by atoms with Crippen molar-refractivity contribution in [2.75, 3.05) is 11.9 Å². The molecule has 0 aliphatic carbocycles. The topological polar surface area (TPSA) is 72.5 Å². The van der Waals surface area contributed by atoms with E-state index in [-0.39, 0.29) is 18.3 Å². The Balaban J connectivity index is 1.32. The molecule has 1 amide bonds. The van der Waals surface area contributed by atoms with Crippen LogP contribution in [0.2, 0.25) is 0 Å². The zero-order valence-electron chi connectivity index (χ0n) is 16.1. The van der Waals surface area contributed by atoms with Gasteiger partial charge in [0.05, 0.1) is 0 Å². The number of aryl methyl sites for hydroxylation is 1. The minimum atomic E-state index is -0.566. The fourth-order valence-corrected chi connectivity index (χ4v) is 4.09. The van der Waals surface area contributed by atoms with Crippen molar-refractivity contribution in [3.05, 3.63) is 82.7 Å². The number of thiophene rings is 1. The van der Waals surface area contributed by atoms with E-state index in [0.29, 0.717) is 18.4 Å². The number of fused-ring (bicyclic) bond motifs is 1. The third-order valence-electron chi connectivity index (χ3n) is 4.74. The number of rotatable bonds is 6. The number of amides is 1. The van der Waals surface area contributed by atoms with Gasteiger partial charge in [-0.1, -0.05) is 30.3 Å². The highest BCUT2D eigenvalue weighted by molar-refractivity contribution is 7.16. The van der Waals surface area contributed by atoms with Crippen LogP contribution in [0, 0.1) is 0 Å². The van der Waals surface area contributed by atoms with Crippen LogP contribution in [0.25, 0.3) is 16.5 Å². The molecule has 0 saturated heterocycles. The van der Waals surface area contributed by atoms with E-state index in [1.807, 2.05) is 42.5 Å². The molecule has 0 unspecified atom stereocenters. The molecular weight excluding hydrogens is 398 g/mol. The Morgan fingerprint density at radius 3 is 2.70 bits per heavy atom.